The monoisotopic (exact) mass is 459 g/mol. The minimum absolute atomic E-state index is 0.193. The fourth-order valence-corrected chi connectivity index (χ4v) is 3.13. The van der Waals surface area contributed by atoms with Crippen molar-refractivity contribution in [3.63, 3.8) is 0 Å². The number of aromatic amines is 1. The summed E-state index contributed by atoms with van der Waals surface area (Å²) in [7, 11) is 0. The van der Waals surface area contributed by atoms with Crippen molar-refractivity contribution in [2.24, 2.45) is 0 Å². The summed E-state index contributed by atoms with van der Waals surface area (Å²) in [6, 6.07) is 13.3. The topological polar surface area (TPSA) is 115 Å². The van der Waals surface area contributed by atoms with E-state index < -0.39 is 11.7 Å². The zero-order chi connectivity index (χ0) is 22.7. The van der Waals surface area contributed by atoms with Crippen molar-refractivity contribution in [3.05, 3.63) is 60.2 Å². The zero-order valence-corrected chi connectivity index (χ0v) is 17.3. The number of halogens is 3. The van der Waals surface area contributed by atoms with Gasteiger partial charge in [0.15, 0.2) is 11.0 Å². The SMILES string of the molecule is CSc1nc(N)cc(Oc2cccc(-c3nnc(Nc4cccc(C(F)(F)F)c4)[nH]3)c2)n1. The zero-order valence-electron chi connectivity index (χ0n) is 16.5. The van der Waals surface area contributed by atoms with Crippen LogP contribution in [0.3, 0.4) is 0 Å². The number of hydrogen-bond acceptors (Lipinski definition) is 8. The average Bonchev–Trinajstić information content (AvgIpc) is 3.21. The Balaban J connectivity index is 1.52. The van der Waals surface area contributed by atoms with Gasteiger partial charge in [-0.05, 0) is 36.6 Å². The van der Waals surface area contributed by atoms with Gasteiger partial charge in [-0.25, -0.2) is 4.98 Å². The van der Waals surface area contributed by atoms with Crippen molar-refractivity contribution in [1.82, 2.24) is 25.1 Å². The van der Waals surface area contributed by atoms with Gasteiger partial charge >= 0.3 is 6.18 Å². The van der Waals surface area contributed by atoms with E-state index in [0.717, 1.165) is 12.1 Å². The van der Waals surface area contributed by atoms with Gasteiger partial charge in [-0.1, -0.05) is 30.0 Å². The van der Waals surface area contributed by atoms with E-state index >= 15 is 0 Å². The first-order valence-corrected chi connectivity index (χ1v) is 10.4. The molecule has 0 saturated heterocycles. The molecule has 2 aromatic heterocycles. The fourth-order valence-electron chi connectivity index (χ4n) is 2.75. The molecule has 0 unspecified atom stereocenters. The molecular formula is C20H16F3N7OS. The Morgan fingerprint density at radius 1 is 1.03 bits per heavy atom. The quantitative estimate of drug-likeness (QED) is 0.269. The molecule has 2 heterocycles. The number of alkyl halides is 3. The minimum atomic E-state index is -4.43. The first-order valence-electron chi connectivity index (χ1n) is 9.14. The summed E-state index contributed by atoms with van der Waals surface area (Å²) in [5, 5.41) is 11.3. The van der Waals surface area contributed by atoms with Crippen LogP contribution in [-0.2, 0) is 6.18 Å². The van der Waals surface area contributed by atoms with Crippen LogP contribution in [0.25, 0.3) is 11.4 Å². The van der Waals surface area contributed by atoms with Crippen LogP contribution in [-0.4, -0.2) is 31.4 Å². The minimum Gasteiger partial charge on any atom is -0.439 e. The number of benzene rings is 2. The second-order valence-corrected chi connectivity index (χ2v) is 7.25. The highest BCUT2D eigenvalue weighted by Gasteiger charge is 2.30. The van der Waals surface area contributed by atoms with Gasteiger partial charge in [-0.3, -0.25) is 0 Å². The molecule has 32 heavy (non-hydrogen) atoms. The number of hydrogen-bond donors (Lipinski definition) is 3. The highest BCUT2D eigenvalue weighted by Crippen LogP contribution is 2.31. The number of anilines is 3. The second-order valence-electron chi connectivity index (χ2n) is 6.47. The lowest BCUT2D eigenvalue weighted by molar-refractivity contribution is -0.137. The summed E-state index contributed by atoms with van der Waals surface area (Å²) in [5.41, 5.74) is 5.89. The average molecular weight is 459 g/mol. The summed E-state index contributed by atoms with van der Waals surface area (Å²) in [6.07, 6.45) is -2.61. The van der Waals surface area contributed by atoms with E-state index in [0.29, 0.717) is 28.2 Å². The second kappa shape index (κ2) is 8.75. The van der Waals surface area contributed by atoms with Gasteiger partial charge in [0.05, 0.1) is 5.56 Å². The number of H-pyrrole nitrogens is 1. The molecule has 0 aliphatic carbocycles. The van der Waals surface area contributed by atoms with E-state index in [2.05, 4.69) is 30.5 Å². The van der Waals surface area contributed by atoms with Crippen LogP contribution in [0.5, 0.6) is 11.6 Å². The van der Waals surface area contributed by atoms with Crippen LogP contribution in [0.1, 0.15) is 5.56 Å². The summed E-state index contributed by atoms with van der Waals surface area (Å²) in [5.74, 6) is 1.66. The van der Waals surface area contributed by atoms with E-state index in [1.807, 2.05) is 6.26 Å². The fraction of sp³-hybridized carbons (Fsp3) is 0.100. The van der Waals surface area contributed by atoms with Crippen LogP contribution >= 0.6 is 11.8 Å². The maximum absolute atomic E-state index is 12.9. The molecule has 0 saturated carbocycles. The summed E-state index contributed by atoms with van der Waals surface area (Å²) >= 11 is 1.34. The van der Waals surface area contributed by atoms with Gasteiger partial charge in [0.1, 0.15) is 11.6 Å². The Morgan fingerprint density at radius 2 is 1.84 bits per heavy atom. The summed E-state index contributed by atoms with van der Waals surface area (Å²) in [4.78, 5) is 11.3. The van der Waals surface area contributed by atoms with Crippen LogP contribution < -0.4 is 15.8 Å². The molecule has 0 amide bonds. The molecule has 4 N–H and O–H groups in total. The van der Waals surface area contributed by atoms with Gasteiger partial charge in [0.25, 0.3) is 0 Å². The van der Waals surface area contributed by atoms with Crippen LogP contribution in [0, 0.1) is 0 Å². The third kappa shape index (κ3) is 5.09. The van der Waals surface area contributed by atoms with Crippen LogP contribution in [0.2, 0.25) is 0 Å². The van der Waals surface area contributed by atoms with Crippen molar-refractivity contribution < 1.29 is 17.9 Å². The third-order valence-electron chi connectivity index (χ3n) is 4.15. The maximum atomic E-state index is 12.9. The molecule has 8 nitrogen and oxygen atoms in total. The highest BCUT2D eigenvalue weighted by molar-refractivity contribution is 7.98. The molecule has 0 fully saturated rings. The normalized spacial score (nSPS) is 11.4. The van der Waals surface area contributed by atoms with Crippen molar-refractivity contribution in [2.45, 2.75) is 11.3 Å². The lowest BCUT2D eigenvalue weighted by Gasteiger charge is -2.09. The first-order chi connectivity index (χ1) is 15.3. The smallest absolute Gasteiger partial charge is 0.416 e. The van der Waals surface area contributed by atoms with E-state index in [1.165, 1.54) is 30.0 Å². The van der Waals surface area contributed by atoms with Crippen LogP contribution in [0.4, 0.5) is 30.6 Å². The Kier molecular flexibility index (Phi) is 5.86. The molecule has 2 aromatic carbocycles. The lowest BCUT2D eigenvalue weighted by atomic mass is 10.2. The van der Waals surface area contributed by atoms with Gasteiger partial charge in [0.2, 0.25) is 11.8 Å². The number of nitrogens with one attached hydrogen (secondary N) is 2. The Hall–Kier alpha value is -3.80. The molecule has 0 bridgehead atoms. The van der Waals surface area contributed by atoms with Crippen LogP contribution in [0.15, 0.2) is 59.8 Å². The highest BCUT2D eigenvalue weighted by atomic mass is 32.2. The third-order valence-corrected chi connectivity index (χ3v) is 4.70. The molecule has 0 atom stereocenters. The molecule has 0 radical (unpaired) electrons. The number of nitrogens with zero attached hydrogens (tertiary/aromatic N) is 4. The number of rotatable bonds is 6. The van der Waals surface area contributed by atoms with Gasteiger partial charge in [-0.2, -0.15) is 18.2 Å². The molecule has 4 rings (SSSR count). The van der Waals surface area contributed by atoms with Crippen molar-refractivity contribution in [1.29, 1.82) is 0 Å². The molecule has 12 heteroatoms. The number of ether oxygens (including phenoxy) is 1. The maximum Gasteiger partial charge on any atom is 0.416 e. The van der Waals surface area contributed by atoms with E-state index in [9.17, 15) is 13.2 Å². The molecule has 0 spiro atoms. The predicted octanol–water partition coefficient (Wildman–Crippen LogP) is 5.12. The van der Waals surface area contributed by atoms with Crippen molar-refractivity contribution >= 4 is 29.2 Å². The Bertz CT molecular complexity index is 1250. The molecule has 0 aliphatic rings. The van der Waals surface area contributed by atoms with E-state index in [1.54, 1.807) is 24.3 Å². The molecular weight excluding hydrogens is 443 g/mol. The van der Waals surface area contributed by atoms with E-state index in [-0.39, 0.29) is 17.5 Å². The number of nitrogens with two attached hydrogens (primary N) is 1. The van der Waals surface area contributed by atoms with Crippen molar-refractivity contribution in [3.8, 4) is 23.0 Å². The summed E-state index contributed by atoms with van der Waals surface area (Å²) in [6.45, 7) is 0. The Labute approximate surface area is 184 Å². The van der Waals surface area contributed by atoms with E-state index in [4.69, 9.17) is 10.5 Å². The van der Waals surface area contributed by atoms with Gasteiger partial charge in [-0.15, -0.1) is 10.2 Å². The van der Waals surface area contributed by atoms with Crippen molar-refractivity contribution in [2.75, 3.05) is 17.3 Å². The number of nitrogen functional groups attached to an aromatic ring is 1. The first kappa shape index (κ1) is 21.4. The molecule has 0 aliphatic heterocycles. The van der Waals surface area contributed by atoms with Gasteiger partial charge in [0, 0.05) is 17.3 Å². The largest absolute Gasteiger partial charge is 0.439 e. The lowest BCUT2D eigenvalue weighted by Crippen LogP contribution is -2.05. The summed E-state index contributed by atoms with van der Waals surface area (Å²) < 4.78 is 44.5. The van der Waals surface area contributed by atoms with Gasteiger partial charge < -0.3 is 20.8 Å². The predicted molar refractivity (Wildman–Crippen MR) is 115 cm³/mol. The Morgan fingerprint density at radius 3 is 2.62 bits per heavy atom. The molecule has 164 valence electrons. The number of thioether (sulfide) groups is 1. The molecule has 4 aromatic rings. The number of aromatic nitrogens is 5. The standard InChI is InChI=1S/C20H16F3N7OS/c1-32-19-26-15(24)10-16(27-19)31-14-7-2-4-11(8-14)17-28-18(30-29-17)25-13-6-3-5-12(9-13)20(21,22)23/h2-10H,1H3,(H2,24,26,27)(H2,25,28,29,30).